The van der Waals surface area contributed by atoms with Gasteiger partial charge < -0.3 is 0 Å². The number of thiophene rings is 1. The lowest BCUT2D eigenvalue weighted by atomic mass is 10.1. The summed E-state index contributed by atoms with van der Waals surface area (Å²) in [7, 11) is 0. The molecule has 0 bridgehead atoms. The highest BCUT2D eigenvalue weighted by atomic mass is 32.1. The van der Waals surface area contributed by atoms with Crippen LogP contribution < -0.4 is 10.4 Å². The van der Waals surface area contributed by atoms with Crippen LogP contribution in [0, 0.1) is 0 Å². The number of hydrogen-bond acceptors (Lipinski definition) is 3. The van der Waals surface area contributed by atoms with Crippen molar-refractivity contribution in [1.82, 2.24) is 5.43 Å². The summed E-state index contributed by atoms with van der Waals surface area (Å²) in [5.41, 5.74) is 8.41. The fourth-order valence-corrected chi connectivity index (χ4v) is 3.41. The largest absolute Gasteiger partial charge is 0.297 e. The molecule has 2 aromatic carbocycles. The van der Waals surface area contributed by atoms with Gasteiger partial charge in [-0.25, -0.2) is 0 Å². The third-order valence-electron chi connectivity index (χ3n) is 3.85. The highest BCUT2D eigenvalue weighted by molar-refractivity contribution is 7.08. The summed E-state index contributed by atoms with van der Waals surface area (Å²) in [5, 5.41) is 6.51. The predicted octanol–water partition coefficient (Wildman–Crippen LogP) is 4.86. The van der Waals surface area contributed by atoms with Crippen LogP contribution in [0.4, 0.5) is 5.69 Å². The maximum atomic E-state index is 3.56. The lowest BCUT2D eigenvalue weighted by molar-refractivity contribution is 0.724. The Morgan fingerprint density at radius 3 is 2.27 bits per heavy atom. The van der Waals surface area contributed by atoms with Gasteiger partial charge in [0.1, 0.15) is 0 Å². The van der Waals surface area contributed by atoms with Crippen LogP contribution in [0.2, 0.25) is 0 Å². The van der Waals surface area contributed by atoms with E-state index in [0.717, 1.165) is 5.69 Å². The predicted molar refractivity (Wildman–Crippen MR) is 93.5 cm³/mol. The van der Waals surface area contributed by atoms with E-state index < -0.39 is 0 Å². The minimum Gasteiger partial charge on any atom is -0.297 e. The first-order valence-corrected chi connectivity index (χ1v) is 8.26. The molecule has 1 aliphatic rings. The number of para-hydroxylation sites is 1. The second-order valence-corrected chi connectivity index (χ2v) is 6.05. The molecule has 0 aliphatic carbocycles. The summed E-state index contributed by atoms with van der Waals surface area (Å²) in [4.78, 5) is 0. The van der Waals surface area contributed by atoms with Crippen LogP contribution in [0.3, 0.4) is 0 Å². The Kier molecular flexibility index (Phi) is 3.41. The molecule has 22 heavy (non-hydrogen) atoms. The van der Waals surface area contributed by atoms with Gasteiger partial charge in [-0.15, -0.1) is 0 Å². The van der Waals surface area contributed by atoms with Crippen LogP contribution in [0.15, 0.2) is 83.6 Å². The van der Waals surface area contributed by atoms with E-state index in [2.05, 4.69) is 87.9 Å². The quantitative estimate of drug-likeness (QED) is 0.743. The molecule has 0 fully saturated rings. The highest BCUT2D eigenvalue weighted by Crippen LogP contribution is 2.35. The average molecular weight is 304 g/mol. The van der Waals surface area contributed by atoms with E-state index in [1.807, 2.05) is 6.07 Å². The van der Waals surface area contributed by atoms with E-state index in [9.17, 15) is 0 Å². The molecule has 0 saturated heterocycles. The summed E-state index contributed by atoms with van der Waals surface area (Å²) >= 11 is 1.72. The van der Waals surface area contributed by atoms with Crippen molar-refractivity contribution in [3.8, 4) is 0 Å². The lowest BCUT2D eigenvalue weighted by Gasteiger charge is -2.27. The molecule has 0 radical (unpaired) electrons. The molecule has 1 atom stereocenters. The zero-order valence-electron chi connectivity index (χ0n) is 12.0. The molecule has 0 spiro atoms. The number of benzene rings is 2. The third-order valence-corrected chi connectivity index (χ3v) is 4.53. The van der Waals surface area contributed by atoms with E-state index in [1.165, 1.54) is 16.8 Å². The third kappa shape index (κ3) is 2.40. The standard InChI is InChI=1S/C19H16N2S/c1-3-7-15(8-4-1)19-13-18(16-11-12-22-14-16)20-21(19)17-9-5-2-6-10-17/h1-14,19-20H. The highest BCUT2D eigenvalue weighted by Gasteiger charge is 2.26. The summed E-state index contributed by atoms with van der Waals surface area (Å²) in [6, 6.07) is 23.4. The van der Waals surface area contributed by atoms with Crippen molar-refractivity contribution in [2.75, 3.05) is 5.01 Å². The Hall–Kier alpha value is -2.52. The van der Waals surface area contributed by atoms with Crippen LogP contribution in [0.25, 0.3) is 5.70 Å². The van der Waals surface area contributed by atoms with Crippen LogP contribution in [-0.2, 0) is 0 Å². The number of nitrogens with zero attached hydrogens (tertiary/aromatic N) is 1. The first-order chi connectivity index (χ1) is 10.9. The Labute approximate surface area is 134 Å². The van der Waals surface area contributed by atoms with Crippen LogP contribution in [0.5, 0.6) is 0 Å². The van der Waals surface area contributed by atoms with E-state index >= 15 is 0 Å². The van der Waals surface area contributed by atoms with Crippen molar-refractivity contribution in [3.63, 3.8) is 0 Å². The minimum absolute atomic E-state index is 0.193. The van der Waals surface area contributed by atoms with Gasteiger partial charge in [-0.2, -0.15) is 11.3 Å². The van der Waals surface area contributed by atoms with Crippen molar-refractivity contribution < 1.29 is 0 Å². The molecule has 108 valence electrons. The van der Waals surface area contributed by atoms with Crippen molar-refractivity contribution in [2.24, 2.45) is 0 Å². The van der Waals surface area contributed by atoms with Crippen molar-refractivity contribution >= 4 is 22.7 Å². The Bertz CT molecular complexity index is 764. The smallest absolute Gasteiger partial charge is 0.0958 e. The molecule has 3 heteroatoms. The molecule has 1 unspecified atom stereocenters. The van der Waals surface area contributed by atoms with Gasteiger partial charge in [-0.3, -0.25) is 10.4 Å². The number of hydrazine groups is 1. The zero-order chi connectivity index (χ0) is 14.8. The summed E-state index contributed by atoms with van der Waals surface area (Å²) in [6.07, 6.45) is 2.30. The normalized spacial score (nSPS) is 17.2. The molecule has 3 aromatic rings. The van der Waals surface area contributed by atoms with Crippen molar-refractivity contribution in [1.29, 1.82) is 0 Å². The number of rotatable bonds is 3. The maximum Gasteiger partial charge on any atom is 0.0958 e. The van der Waals surface area contributed by atoms with Crippen molar-refractivity contribution in [3.05, 3.63) is 94.7 Å². The number of nitrogens with one attached hydrogen (secondary N) is 1. The molecule has 1 aromatic heterocycles. The van der Waals surface area contributed by atoms with Gasteiger partial charge in [0.2, 0.25) is 0 Å². The Morgan fingerprint density at radius 2 is 1.59 bits per heavy atom. The second kappa shape index (κ2) is 5.70. The lowest BCUT2D eigenvalue weighted by Crippen LogP contribution is -2.33. The van der Waals surface area contributed by atoms with E-state index in [4.69, 9.17) is 0 Å². The van der Waals surface area contributed by atoms with Gasteiger partial charge in [0.05, 0.1) is 17.4 Å². The van der Waals surface area contributed by atoms with E-state index in [-0.39, 0.29) is 6.04 Å². The van der Waals surface area contributed by atoms with Gasteiger partial charge in [0, 0.05) is 10.9 Å². The molecule has 2 nitrogen and oxygen atoms in total. The zero-order valence-corrected chi connectivity index (χ0v) is 12.8. The van der Waals surface area contributed by atoms with Crippen LogP contribution in [0.1, 0.15) is 17.2 Å². The summed E-state index contributed by atoms with van der Waals surface area (Å²) < 4.78 is 0. The molecule has 2 heterocycles. The molecule has 1 aliphatic heterocycles. The molecule has 0 saturated carbocycles. The topological polar surface area (TPSA) is 15.3 Å². The second-order valence-electron chi connectivity index (χ2n) is 5.27. The van der Waals surface area contributed by atoms with Gasteiger partial charge in [-0.1, -0.05) is 48.5 Å². The molecule has 1 N–H and O–H groups in total. The number of anilines is 1. The first-order valence-electron chi connectivity index (χ1n) is 7.32. The summed E-state index contributed by atoms with van der Waals surface area (Å²) in [5.74, 6) is 0. The fourth-order valence-electron chi connectivity index (χ4n) is 2.76. The van der Waals surface area contributed by atoms with Gasteiger partial charge in [0.25, 0.3) is 0 Å². The van der Waals surface area contributed by atoms with Crippen molar-refractivity contribution in [2.45, 2.75) is 6.04 Å². The fraction of sp³-hybridized carbons (Fsp3) is 0.0526. The number of hydrogen-bond donors (Lipinski definition) is 1. The Morgan fingerprint density at radius 1 is 0.864 bits per heavy atom. The molecule has 0 amide bonds. The average Bonchev–Trinajstić information content (AvgIpc) is 3.26. The minimum atomic E-state index is 0.193. The van der Waals surface area contributed by atoms with E-state index in [0.29, 0.717) is 0 Å². The van der Waals surface area contributed by atoms with Gasteiger partial charge in [-0.05, 0) is 35.2 Å². The Balaban J connectivity index is 1.75. The SMILES string of the molecule is C1=C(c2ccsc2)NN(c2ccccc2)C1c1ccccc1. The van der Waals surface area contributed by atoms with Crippen LogP contribution in [-0.4, -0.2) is 0 Å². The van der Waals surface area contributed by atoms with Gasteiger partial charge >= 0.3 is 0 Å². The summed E-state index contributed by atoms with van der Waals surface area (Å²) in [6.45, 7) is 0. The first kappa shape index (κ1) is 13.2. The van der Waals surface area contributed by atoms with Gasteiger partial charge in [0.15, 0.2) is 0 Å². The monoisotopic (exact) mass is 304 g/mol. The molecular weight excluding hydrogens is 288 g/mol. The molecule has 4 rings (SSSR count). The maximum absolute atomic E-state index is 3.56. The molecular formula is C19H16N2S. The van der Waals surface area contributed by atoms with E-state index in [1.54, 1.807) is 11.3 Å². The van der Waals surface area contributed by atoms with Crippen LogP contribution >= 0.6 is 11.3 Å².